The maximum Gasteiger partial charge on any atom is 0.303 e. The van der Waals surface area contributed by atoms with Gasteiger partial charge in [-0.05, 0) is 56.2 Å². The number of aliphatic carboxylic acids is 1. The van der Waals surface area contributed by atoms with Crippen molar-refractivity contribution in [2.45, 2.75) is 51.4 Å². The van der Waals surface area contributed by atoms with Crippen LogP contribution in [0.25, 0.3) is 0 Å². The summed E-state index contributed by atoms with van der Waals surface area (Å²) < 4.78 is 5.53. The summed E-state index contributed by atoms with van der Waals surface area (Å²) in [4.78, 5) is 31.6. The van der Waals surface area contributed by atoms with Crippen LogP contribution in [0.2, 0.25) is 0 Å². The van der Waals surface area contributed by atoms with Crippen LogP contribution < -0.4 is 9.64 Å². The lowest BCUT2D eigenvalue weighted by Crippen LogP contribution is -2.49. The number of carbonyl (C=O) groups excluding carboxylic acids is 1. The fraction of sp³-hybridized carbons (Fsp3) is 0.704. The Morgan fingerprint density at radius 2 is 1.71 bits per heavy atom. The third kappa shape index (κ3) is 6.23. The van der Waals surface area contributed by atoms with Crippen molar-refractivity contribution in [3.05, 3.63) is 24.3 Å². The predicted molar refractivity (Wildman–Crippen MR) is 133 cm³/mol. The Labute approximate surface area is 204 Å². The molecule has 3 aliphatic rings. The van der Waals surface area contributed by atoms with Gasteiger partial charge in [-0.15, -0.1) is 0 Å². The van der Waals surface area contributed by atoms with Gasteiger partial charge in [0, 0.05) is 51.6 Å². The highest BCUT2D eigenvalue weighted by Crippen LogP contribution is 2.33. The fourth-order valence-electron chi connectivity index (χ4n) is 6.16. The third-order valence-corrected chi connectivity index (χ3v) is 8.21. The van der Waals surface area contributed by atoms with E-state index in [1.807, 2.05) is 12.1 Å². The molecule has 1 aromatic rings. The summed E-state index contributed by atoms with van der Waals surface area (Å²) in [6, 6.07) is 8.17. The van der Waals surface area contributed by atoms with Gasteiger partial charge in [-0.2, -0.15) is 0 Å². The van der Waals surface area contributed by atoms with Crippen LogP contribution in [0.5, 0.6) is 5.75 Å². The second kappa shape index (κ2) is 11.9. The average Bonchev–Trinajstić information content (AvgIpc) is 2.88. The first-order valence-electron chi connectivity index (χ1n) is 13.2. The molecule has 4 rings (SSSR count). The molecule has 1 N–H and O–H groups in total. The predicted octanol–water partition coefficient (Wildman–Crippen LogP) is 3.73. The van der Waals surface area contributed by atoms with Crippen molar-refractivity contribution in [1.82, 2.24) is 9.80 Å². The molecule has 2 atom stereocenters. The van der Waals surface area contributed by atoms with Gasteiger partial charge in [-0.1, -0.05) is 31.4 Å². The first kappa shape index (κ1) is 24.8. The van der Waals surface area contributed by atoms with Crippen LogP contribution in [0.3, 0.4) is 0 Å². The fourth-order valence-corrected chi connectivity index (χ4v) is 6.16. The van der Waals surface area contributed by atoms with E-state index in [0.717, 1.165) is 95.8 Å². The molecule has 2 aliphatic heterocycles. The molecule has 2 saturated heterocycles. The van der Waals surface area contributed by atoms with E-state index >= 15 is 0 Å². The summed E-state index contributed by atoms with van der Waals surface area (Å²) >= 11 is 0. The van der Waals surface area contributed by atoms with Crippen molar-refractivity contribution < 1.29 is 19.4 Å². The van der Waals surface area contributed by atoms with Crippen LogP contribution in [-0.2, 0) is 9.59 Å². The Morgan fingerprint density at radius 3 is 2.41 bits per heavy atom. The van der Waals surface area contributed by atoms with E-state index in [1.54, 1.807) is 7.11 Å². The molecule has 7 nitrogen and oxygen atoms in total. The van der Waals surface area contributed by atoms with E-state index in [0.29, 0.717) is 5.91 Å². The number of hydrogen-bond acceptors (Lipinski definition) is 5. The average molecular weight is 472 g/mol. The zero-order chi connectivity index (χ0) is 23.9. The van der Waals surface area contributed by atoms with Gasteiger partial charge in [0.1, 0.15) is 5.75 Å². The van der Waals surface area contributed by atoms with E-state index in [-0.39, 0.29) is 24.2 Å². The van der Waals surface area contributed by atoms with Crippen LogP contribution in [0.1, 0.15) is 51.4 Å². The topological polar surface area (TPSA) is 73.3 Å². The molecule has 2 heterocycles. The van der Waals surface area contributed by atoms with Gasteiger partial charge < -0.3 is 19.6 Å². The molecule has 0 spiro atoms. The molecule has 0 bridgehead atoms. The van der Waals surface area contributed by atoms with Crippen molar-refractivity contribution in [2.75, 3.05) is 57.8 Å². The van der Waals surface area contributed by atoms with Crippen molar-refractivity contribution in [1.29, 1.82) is 0 Å². The van der Waals surface area contributed by atoms with E-state index in [1.165, 1.54) is 6.42 Å². The van der Waals surface area contributed by atoms with Crippen molar-refractivity contribution in [3.8, 4) is 5.75 Å². The number of benzene rings is 1. The maximum absolute atomic E-state index is 13.1. The molecule has 0 radical (unpaired) electrons. The number of carboxylic acids is 1. The quantitative estimate of drug-likeness (QED) is 0.623. The SMILES string of the molecule is COc1ccccc1N1CCN(CC[C@@H]2CN(C(=O)C3CCCCC3)CC[C@H]2CC(=O)O)CC1. The van der Waals surface area contributed by atoms with E-state index < -0.39 is 5.97 Å². The number of ether oxygens (including phenoxy) is 1. The van der Waals surface area contributed by atoms with Gasteiger partial charge in [-0.3, -0.25) is 14.5 Å². The minimum Gasteiger partial charge on any atom is -0.495 e. The lowest BCUT2D eigenvalue weighted by Gasteiger charge is -2.41. The number of carbonyl (C=O) groups is 2. The van der Waals surface area contributed by atoms with E-state index in [4.69, 9.17) is 4.74 Å². The molecule has 0 unspecified atom stereocenters. The van der Waals surface area contributed by atoms with Crippen LogP contribution in [0.15, 0.2) is 24.3 Å². The third-order valence-electron chi connectivity index (χ3n) is 8.21. The molecule has 1 aliphatic carbocycles. The summed E-state index contributed by atoms with van der Waals surface area (Å²) in [7, 11) is 1.72. The van der Waals surface area contributed by atoms with Crippen molar-refractivity contribution in [3.63, 3.8) is 0 Å². The highest BCUT2D eigenvalue weighted by molar-refractivity contribution is 5.79. The lowest BCUT2D eigenvalue weighted by molar-refractivity contribution is -0.141. The molecule has 1 saturated carbocycles. The second-order valence-electron chi connectivity index (χ2n) is 10.3. The Morgan fingerprint density at radius 1 is 0.971 bits per heavy atom. The first-order chi connectivity index (χ1) is 16.5. The maximum atomic E-state index is 13.1. The number of piperazine rings is 1. The van der Waals surface area contributed by atoms with Crippen LogP contribution in [0.4, 0.5) is 5.69 Å². The monoisotopic (exact) mass is 471 g/mol. The number of methoxy groups -OCH3 is 1. The summed E-state index contributed by atoms with van der Waals surface area (Å²) in [5, 5.41) is 9.45. The molecule has 1 aromatic carbocycles. The summed E-state index contributed by atoms with van der Waals surface area (Å²) in [5.41, 5.74) is 1.15. The molecular formula is C27H41N3O4. The molecule has 1 amide bonds. The first-order valence-corrected chi connectivity index (χ1v) is 13.2. The number of amides is 1. The summed E-state index contributed by atoms with van der Waals surface area (Å²) in [6.45, 7) is 6.30. The Balaban J connectivity index is 1.31. The molecule has 7 heteroatoms. The number of carboxylic acid groups (broad SMARTS) is 1. The number of rotatable bonds is 8. The molecule has 188 valence electrons. The Bertz CT molecular complexity index is 818. The minimum absolute atomic E-state index is 0.169. The number of hydrogen-bond donors (Lipinski definition) is 1. The number of anilines is 1. The number of piperidine rings is 1. The molecule has 0 aromatic heterocycles. The number of para-hydroxylation sites is 2. The zero-order valence-electron chi connectivity index (χ0n) is 20.7. The van der Waals surface area contributed by atoms with E-state index in [2.05, 4.69) is 26.8 Å². The molecular weight excluding hydrogens is 430 g/mol. The van der Waals surface area contributed by atoms with Crippen LogP contribution in [0, 0.1) is 17.8 Å². The summed E-state index contributed by atoms with van der Waals surface area (Å²) in [6.07, 6.45) is 7.61. The van der Waals surface area contributed by atoms with Gasteiger partial charge in [0.25, 0.3) is 0 Å². The van der Waals surface area contributed by atoms with Gasteiger partial charge in [-0.25, -0.2) is 0 Å². The van der Waals surface area contributed by atoms with Crippen molar-refractivity contribution in [2.24, 2.45) is 17.8 Å². The Kier molecular flexibility index (Phi) is 8.70. The van der Waals surface area contributed by atoms with E-state index in [9.17, 15) is 14.7 Å². The summed E-state index contributed by atoms with van der Waals surface area (Å²) in [5.74, 6) is 1.15. The van der Waals surface area contributed by atoms with Crippen molar-refractivity contribution >= 4 is 17.6 Å². The number of likely N-dealkylation sites (tertiary alicyclic amines) is 1. The van der Waals surface area contributed by atoms with Crippen LogP contribution in [-0.4, -0.2) is 79.7 Å². The number of nitrogens with zero attached hydrogens (tertiary/aromatic N) is 3. The standard InChI is InChI=1S/C27H41N3O4/c1-34-25-10-6-5-9-24(25)29-17-15-28(16-18-29)13-11-23-20-30(14-12-22(23)19-26(31)32)27(33)21-7-3-2-4-8-21/h5-6,9-10,21-23H,2-4,7-8,11-20H2,1H3,(H,31,32)/t22-,23+/m0/s1. The van der Waals surface area contributed by atoms with Gasteiger partial charge >= 0.3 is 5.97 Å². The highest BCUT2D eigenvalue weighted by atomic mass is 16.5. The molecule has 3 fully saturated rings. The second-order valence-corrected chi connectivity index (χ2v) is 10.3. The zero-order valence-corrected chi connectivity index (χ0v) is 20.7. The highest BCUT2D eigenvalue weighted by Gasteiger charge is 2.35. The van der Waals surface area contributed by atoms with Gasteiger partial charge in [0.15, 0.2) is 0 Å². The minimum atomic E-state index is -0.715. The Hall–Kier alpha value is -2.28. The smallest absolute Gasteiger partial charge is 0.303 e. The van der Waals surface area contributed by atoms with Gasteiger partial charge in [0.2, 0.25) is 5.91 Å². The lowest BCUT2D eigenvalue weighted by atomic mass is 9.80. The van der Waals surface area contributed by atoms with Gasteiger partial charge in [0.05, 0.1) is 12.8 Å². The van der Waals surface area contributed by atoms with Crippen LogP contribution >= 0.6 is 0 Å². The molecule has 34 heavy (non-hydrogen) atoms. The normalized spacial score (nSPS) is 24.7. The largest absolute Gasteiger partial charge is 0.495 e.